The molecule has 0 spiro atoms. The van der Waals surface area contributed by atoms with E-state index in [1.54, 1.807) is 0 Å². The van der Waals surface area contributed by atoms with Crippen molar-refractivity contribution in [3.63, 3.8) is 0 Å². The van der Waals surface area contributed by atoms with Crippen molar-refractivity contribution in [3.8, 4) is 33.6 Å². The van der Waals surface area contributed by atoms with Crippen LogP contribution in [0.3, 0.4) is 0 Å². The monoisotopic (exact) mass is 696 g/mol. The van der Waals surface area contributed by atoms with Crippen molar-refractivity contribution in [2.45, 2.75) is 77.9 Å². The van der Waals surface area contributed by atoms with Gasteiger partial charge in [0.2, 0.25) is 0 Å². The minimum Gasteiger partial charge on any atom is -0.378 e. The van der Waals surface area contributed by atoms with Gasteiger partial charge >= 0.3 is 0 Å². The summed E-state index contributed by atoms with van der Waals surface area (Å²) in [6, 6.07) is 16.8. The number of ether oxygens (including phenoxy) is 1. The van der Waals surface area contributed by atoms with Crippen LogP contribution in [0.2, 0.25) is 0 Å². The molecule has 1 aliphatic rings. The van der Waals surface area contributed by atoms with Gasteiger partial charge in [0.05, 0.1) is 29.9 Å². The van der Waals surface area contributed by atoms with Gasteiger partial charge in [-0.25, -0.2) is 19.3 Å². The van der Waals surface area contributed by atoms with E-state index in [0.29, 0.717) is 12.0 Å². The first kappa shape index (κ1) is 35.0. The summed E-state index contributed by atoms with van der Waals surface area (Å²) >= 11 is 0. The maximum Gasteiger partial charge on any atom is 0.126 e. The summed E-state index contributed by atoms with van der Waals surface area (Å²) in [5.74, 6) is 2.17. The molecule has 0 bridgehead atoms. The molecule has 268 valence electrons. The largest absolute Gasteiger partial charge is 0.378 e. The van der Waals surface area contributed by atoms with Gasteiger partial charge in [-0.3, -0.25) is 9.97 Å². The summed E-state index contributed by atoms with van der Waals surface area (Å²) in [6.45, 7) is 8.16. The molecular formula is C41H48N10O. The minimum atomic E-state index is 0.199. The molecule has 1 aliphatic heterocycles. The van der Waals surface area contributed by atoms with Crippen LogP contribution in [0.4, 0.5) is 11.6 Å². The molecule has 0 amide bonds. The predicted molar refractivity (Wildman–Crippen MR) is 206 cm³/mol. The van der Waals surface area contributed by atoms with Crippen molar-refractivity contribution in [2.24, 2.45) is 5.92 Å². The van der Waals surface area contributed by atoms with Crippen LogP contribution in [0.15, 0.2) is 98.1 Å². The Kier molecular flexibility index (Phi) is 11.3. The number of aryl methyl sites for hydroxylation is 2. The van der Waals surface area contributed by atoms with Gasteiger partial charge in [-0.15, -0.1) is 0 Å². The molecule has 1 saturated heterocycles. The van der Waals surface area contributed by atoms with Crippen LogP contribution in [0.5, 0.6) is 0 Å². The van der Waals surface area contributed by atoms with E-state index in [1.165, 1.54) is 0 Å². The second-order valence-electron chi connectivity index (χ2n) is 13.8. The van der Waals surface area contributed by atoms with Gasteiger partial charge in [-0.2, -0.15) is 10.2 Å². The average molecular weight is 697 g/mol. The highest BCUT2D eigenvalue weighted by Crippen LogP contribution is 2.26. The lowest BCUT2D eigenvalue weighted by Crippen LogP contribution is -2.35. The molecule has 7 heterocycles. The van der Waals surface area contributed by atoms with Crippen LogP contribution in [0.25, 0.3) is 33.6 Å². The van der Waals surface area contributed by atoms with Crippen molar-refractivity contribution in [3.05, 3.63) is 109 Å². The standard InChI is InChI=1S/C41H48N10O/c1-4-6-34-19-37(12-15-42-34)50-27-32(25-47-50)30-8-10-40(45-23-30)44-22-29(3)18-39-21-36(14-17-52-39)49-41-11-9-31(24-46-41)33-26-48-51(28-33)38-13-16-43-35(20-38)7-5-2/h8-13,15-16,19-20,23-29,36,39H,4-7,14,17-18,21-22H2,1-3H3,(H,44,45)(H,46,49). The number of anilines is 2. The smallest absolute Gasteiger partial charge is 0.126 e. The lowest BCUT2D eigenvalue weighted by Gasteiger charge is -2.32. The molecule has 3 atom stereocenters. The van der Waals surface area contributed by atoms with Gasteiger partial charge < -0.3 is 15.4 Å². The van der Waals surface area contributed by atoms with E-state index < -0.39 is 0 Å². The third kappa shape index (κ3) is 8.89. The van der Waals surface area contributed by atoms with Gasteiger partial charge in [-0.1, -0.05) is 33.6 Å². The number of hydrogen-bond acceptors (Lipinski definition) is 9. The Bertz CT molecular complexity index is 2020. The van der Waals surface area contributed by atoms with Crippen LogP contribution in [-0.2, 0) is 17.6 Å². The van der Waals surface area contributed by atoms with Crippen LogP contribution in [0, 0.1) is 5.92 Å². The third-order valence-corrected chi connectivity index (χ3v) is 9.52. The van der Waals surface area contributed by atoms with Gasteiger partial charge in [0.25, 0.3) is 0 Å². The zero-order chi connectivity index (χ0) is 35.7. The molecule has 1 fully saturated rings. The Labute approximate surface area is 305 Å². The van der Waals surface area contributed by atoms with Crippen molar-refractivity contribution in [2.75, 3.05) is 23.8 Å². The molecular weight excluding hydrogens is 649 g/mol. The van der Waals surface area contributed by atoms with Crippen LogP contribution < -0.4 is 10.6 Å². The van der Waals surface area contributed by atoms with Crippen LogP contribution in [-0.4, -0.2) is 64.8 Å². The maximum absolute atomic E-state index is 6.19. The van der Waals surface area contributed by atoms with E-state index in [2.05, 4.69) is 86.9 Å². The summed E-state index contributed by atoms with van der Waals surface area (Å²) < 4.78 is 9.99. The topological polar surface area (TPSA) is 120 Å². The Morgan fingerprint density at radius 3 is 1.88 bits per heavy atom. The Morgan fingerprint density at radius 1 is 0.731 bits per heavy atom. The zero-order valence-corrected chi connectivity index (χ0v) is 30.3. The second-order valence-corrected chi connectivity index (χ2v) is 13.8. The molecule has 0 aliphatic carbocycles. The Hall–Kier alpha value is -5.42. The van der Waals surface area contributed by atoms with E-state index in [1.807, 2.05) is 77.1 Å². The predicted octanol–water partition coefficient (Wildman–Crippen LogP) is 7.97. The number of nitrogens with one attached hydrogen (secondary N) is 2. The first-order valence-corrected chi connectivity index (χ1v) is 18.6. The van der Waals surface area contributed by atoms with E-state index in [9.17, 15) is 0 Å². The molecule has 0 radical (unpaired) electrons. The molecule has 7 rings (SSSR count). The van der Waals surface area contributed by atoms with Gasteiger partial charge in [-0.05, 0) is 86.6 Å². The number of nitrogens with zero attached hydrogens (tertiary/aromatic N) is 8. The fraction of sp³-hybridized carbons (Fsp3) is 0.366. The fourth-order valence-corrected chi connectivity index (χ4v) is 6.74. The van der Waals surface area contributed by atoms with Crippen molar-refractivity contribution < 1.29 is 4.74 Å². The summed E-state index contributed by atoms with van der Waals surface area (Å²) in [5, 5.41) is 16.3. The zero-order valence-electron chi connectivity index (χ0n) is 30.3. The van der Waals surface area contributed by atoms with Gasteiger partial charge in [0.1, 0.15) is 11.6 Å². The van der Waals surface area contributed by atoms with Crippen LogP contribution in [0.1, 0.15) is 64.3 Å². The third-order valence-electron chi connectivity index (χ3n) is 9.52. The lowest BCUT2D eigenvalue weighted by atomic mass is 9.95. The SMILES string of the molecule is CCCc1cc(-n2cc(-c3ccc(NCC(C)CC4CC(Nc5ccc(-c6cnn(-c7ccnc(CCC)c7)c6)cn5)CCO4)nc3)cn2)ccn1. The fourth-order valence-electron chi connectivity index (χ4n) is 6.74. The number of aromatic nitrogens is 8. The number of pyridine rings is 4. The molecule has 6 aromatic rings. The first-order chi connectivity index (χ1) is 25.5. The van der Waals surface area contributed by atoms with Crippen molar-refractivity contribution >= 4 is 11.6 Å². The Morgan fingerprint density at radius 2 is 1.33 bits per heavy atom. The minimum absolute atomic E-state index is 0.199. The summed E-state index contributed by atoms with van der Waals surface area (Å²) in [6.07, 6.45) is 22.5. The summed E-state index contributed by atoms with van der Waals surface area (Å²) in [5.41, 5.74) is 8.32. The molecule has 0 saturated carbocycles. The molecule has 0 aromatic carbocycles. The van der Waals surface area contributed by atoms with Gasteiger partial charge in [0.15, 0.2) is 0 Å². The second kappa shape index (κ2) is 16.7. The summed E-state index contributed by atoms with van der Waals surface area (Å²) in [4.78, 5) is 18.4. The molecule has 11 nitrogen and oxygen atoms in total. The van der Waals surface area contributed by atoms with Gasteiger partial charge in [0, 0.05) is 90.0 Å². The summed E-state index contributed by atoms with van der Waals surface area (Å²) in [7, 11) is 0. The molecule has 6 aromatic heterocycles. The van der Waals surface area contributed by atoms with Crippen molar-refractivity contribution in [1.29, 1.82) is 0 Å². The van der Waals surface area contributed by atoms with E-state index >= 15 is 0 Å². The van der Waals surface area contributed by atoms with Crippen molar-refractivity contribution in [1.82, 2.24) is 39.5 Å². The molecule has 11 heteroatoms. The van der Waals surface area contributed by atoms with E-state index in [0.717, 1.165) is 115 Å². The lowest BCUT2D eigenvalue weighted by molar-refractivity contribution is -0.000974. The van der Waals surface area contributed by atoms with E-state index in [-0.39, 0.29) is 6.10 Å². The quantitative estimate of drug-likeness (QED) is 0.110. The molecule has 2 N–H and O–H groups in total. The average Bonchev–Trinajstić information content (AvgIpc) is 3.87. The van der Waals surface area contributed by atoms with Crippen LogP contribution >= 0.6 is 0 Å². The maximum atomic E-state index is 6.19. The highest BCUT2D eigenvalue weighted by Gasteiger charge is 2.24. The highest BCUT2D eigenvalue weighted by atomic mass is 16.5. The number of hydrogen-bond donors (Lipinski definition) is 2. The molecule has 3 unspecified atom stereocenters. The normalized spacial score (nSPS) is 16.4. The highest BCUT2D eigenvalue weighted by molar-refractivity contribution is 5.63. The Balaban J connectivity index is 0.868. The van der Waals surface area contributed by atoms with E-state index in [4.69, 9.17) is 9.72 Å². The molecule has 52 heavy (non-hydrogen) atoms. The first-order valence-electron chi connectivity index (χ1n) is 18.6. The number of rotatable bonds is 15.